The lowest BCUT2D eigenvalue weighted by molar-refractivity contribution is 0.102. The van der Waals surface area contributed by atoms with Gasteiger partial charge in [0.1, 0.15) is 5.75 Å². The van der Waals surface area contributed by atoms with Crippen LogP contribution < -0.4 is 14.4 Å². The van der Waals surface area contributed by atoms with Crippen molar-refractivity contribution in [1.29, 1.82) is 0 Å². The van der Waals surface area contributed by atoms with Gasteiger partial charge < -0.3 is 10.1 Å². The molecule has 0 atom stereocenters. The highest BCUT2D eigenvalue weighted by Gasteiger charge is 2.31. The topological polar surface area (TPSA) is 75.7 Å². The molecule has 152 valence electrons. The van der Waals surface area contributed by atoms with Crippen LogP contribution in [0.25, 0.3) is 0 Å². The van der Waals surface area contributed by atoms with Gasteiger partial charge in [-0.05, 0) is 67.3 Å². The van der Waals surface area contributed by atoms with E-state index in [2.05, 4.69) is 5.32 Å². The molecule has 3 aromatic carbocycles. The average molecular weight is 420 g/mol. The number of sulfonamides is 1. The largest absolute Gasteiger partial charge is 0.454 e. The van der Waals surface area contributed by atoms with Gasteiger partial charge >= 0.3 is 0 Å². The van der Waals surface area contributed by atoms with Crippen LogP contribution in [0.4, 0.5) is 11.4 Å². The summed E-state index contributed by atoms with van der Waals surface area (Å²) in [6.45, 7) is 2.34. The summed E-state index contributed by atoms with van der Waals surface area (Å²) in [4.78, 5) is 12.9. The summed E-state index contributed by atoms with van der Waals surface area (Å²) in [5.41, 5.74) is 3.44. The molecule has 30 heavy (non-hydrogen) atoms. The van der Waals surface area contributed by atoms with E-state index in [9.17, 15) is 13.2 Å². The molecule has 0 saturated carbocycles. The van der Waals surface area contributed by atoms with Crippen LogP contribution in [0.1, 0.15) is 27.9 Å². The van der Waals surface area contributed by atoms with E-state index in [4.69, 9.17) is 4.74 Å². The number of nitrogens with zero attached hydrogens (tertiary/aromatic N) is 1. The first-order valence-electron chi connectivity index (χ1n) is 9.78. The first kappa shape index (κ1) is 18.7. The van der Waals surface area contributed by atoms with Crippen molar-refractivity contribution in [2.24, 2.45) is 0 Å². The van der Waals surface area contributed by atoms with Crippen molar-refractivity contribution in [2.45, 2.75) is 24.7 Å². The molecule has 0 fully saturated rings. The van der Waals surface area contributed by atoms with Gasteiger partial charge in [0.15, 0.2) is 5.75 Å². The van der Waals surface area contributed by atoms with Crippen LogP contribution in [-0.4, -0.2) is 20.9 Å². The Hall–Kier alpha value is -3.32. The maximum absolute atomic E-state index is 13.4. The highest BCUT2D eigenvalue weighted by atomic mass is 32.2. The van der Waals surface area contributed by atoms with Gasteiger partial charge in [0.05, 0.1) is 21.8 Å². The van der Waals surface area contributed by atoms with Crippen molar-refractivity contribution < 1.29 is 17.9 Å². The summed E-state index contributed by atoms with van der Waals surface area (Å²) >= 11 is 0. The number of rotatable bonds is 2. The number of fused-ring (bicyclic) bond motifs is 3. The third-order valence-corrected chi connectivity index (χ3v) is 7.27. The number of carbonyl (C=O) groups is 1. The Balaban J connectivity index is 1.57. The molecule has 0 aromatic heterocycles. The van der Waals surface area contributed by atoms with Gasteiger partial charge in [-0.1, -0.05) is 24.3 Å². The minimum atomic E-state index is -3.82. The van der Waals surface area contributed by atoms with Crippen molar-refractivity contribution in [1.82, 2.24) is 0 Å². The van der Waals surface area contributed by atoms with E-state index in [1.807, 2.05) is 43.3 Å². The highest BCUT2D eigenvalue weighted by Crippen LogP contribution is 2.38. The van der Waals surface area contributed by atoms with Crippen molar-refractivity contribution >= 4 is 27.3 Å². The van der Waals surface area contributed by atoms with Crippen LogP contribution >= 0.6 is 0 Å². The van der Waals surface area contributed by atoms with Gasteiger partial charge in [-0.2, -0.15) is 0 Å². The predicted molar refractivity (Wildman–Crippen MR) is 115 cm³/mol. The van der Waals surface area contributed by atoms with Gasteiger partial charge in [-0.3, -0.25) is 9.10 Å². The van der Waals surface area contributed by atoms with E-state index >= 15 is 0 Å². The fraction of sp³-hybridized carbons (Fsp3) is 0.174. The minimum Gasteiger partial charge on any atom is -0.454 e. The number of ether oxygens (including phenoxy) is 1. The Morgan fingerprint density at radius 2 is 1.83 bits per heavy atom. The SMILES string of the molecule is Cc1ccc2c(c1)Oc1ccc(S(=O)(=O)N3CCCc4ccccc43)cc1C(=O)N2. The van der Waals surface area contributed by atoms with E-state index in [-0.39, 0.29) is 10.5 Å². The molecule has 0 unspecified atom stereocenters. The number of hydrogen-bond donors (Lipinski definition) is 1. The van der Waals surface area contributed by atoms with Crippen molar-refractivity contribution in [3.05, 3.63) is 77.4 Å². The maximum Gasteiger partial charge on any atom is 0.264 e. The average Bonchev–Trinajstić information content (AvgIpc) is 2.88. The zero-order valence-electron chi connectivity index (χ0n) is 16.4. The second-order valence-corrected chi connectivity index (χ2v) is 9.39. The molecule has 0 bridgehead atoms. The number of carbonyl (C=O) groups excluding carboxylic acids is 1. The van der Waals surface area contributed by atoms with Crippen LogP contribution in [0.3, 0.4) is 0 Å². The van der Waals surface area contributed by atoms with E-state index < -0.39 is 15.9 Å². The molecule has 6 nitrogen and oxygen atoms in total. The van der Waals surface area contributed by atoms with Crippen molar-refractivity contribution in [2.75, 3.05) is 16.2 Å². The summed E-state index contributed by atoms with van der Waals surface area (Å²) in [5.74, 6) is 0.459. The number of para-hydroxylation sites is 1. The third kappa shape index (κ3) is 3.02. The zero-order chi connectivity index (χ0) is 20.9. The molecule has 3 aromatic rings. The second-order valence-electron chi connectivity index (χ2n) is 7.52. The number of hydrogen-bond acceptors (Lipinski definition) is 4. The molecule has 7 heteroatoms. The predicted octanol–water partition coefficient (Wildman–Crippen LogP) is 4.49. The molecule has 1 N–H and O–H groups in total. The van der Waals surface area contributed by atoms with Gasteiger partial charge in [-0.15, -0.1) is 0 Å². The fourth-order valence-electron chi connectivity index (χ4n) is 3.94. The zero-order valence-corrected chi connectivity index (χ0v) is 17.2. The third-order valence-electron chi connectivity index (χ3n) is 5.46. The van der Waals surface area contributed by atoms with Crippen molar-refractivity contribution in [3.63, 3.8) is 0 Å². The normalized spacial score (nSPS) is 15.2. The summed E-state index contributed by atoms with van der Waals surface area (Å²) < 4.78 is 34.3. The van der Waals surface area contributed by atoms with E-state index in [1.54, 1.807) is 12.1 Å². The fourth-order valence-corrected chi connectivity index (χ4v) is 5.51. The Kier molecular flexibility index (Phi) is 4.29. The second kappa shape index (κ2) is 6.88. The molecular weight excluding hydrogens is 400 g/mol. The van der Waals surface area contributed by atoms with E-state index in [1.165, 1.54) is 16.4 Å². The molecule has 2 heterocycles. The molecule has 5 rings (SSSR count). The van der Waals surface area contributed by atoms with Gasteiger partial charge in [0.2, 0.25) is 0 Å². The molecule has 0 spiro atoms. The number of nitrogens with one attached hydrogen (secondary N) is 1. The summed E-state index contributed by atoms with van der Waals surface area (Å²) in [5, 5.41) is 2.81. The standard InChI is InChI=1S/C23H20N2O4S/c1-15-8-10-19-22(13-15)29-21-11-9-17(14-18(21)23(26)24-19)30(27,28)25-12-4-6-16-5-2-3-7-20(16)25/h2-3,5,7-11,13-14H,4,6,12H2,1H3,(H,24,26). The van der Waals surface area contributed by atoms with Crippen molar-refractivity contribution in [3.8, 4) is 11.5 Å². The lowest BCUT2D eigenvalue weighted by Gasteiger charge is -2.30. The highest BCUT2D eigenvalue weighted by molar-refractivity contribution is 7.92. The monoisotopic (exact) mass is 420 g/mol. The molecule has 2 aliphatic heterocycles. The van der Waals surface area contributed by atoms with Crippen LogP contribution in [0.2, 0.25) is 0 Å². The molecule has 0 saturated heterocycles. The van der Waals surface area contributed by atoms with Crippen LogP contribution in [-0.2, 0) is 16.4 Å². The Bertz CT molecular complexity index is 1280. The first-order valence-corrected chi connectivity index (χ1v) is 11.2. The summed E-state index contributed by atoms with van der Waals surface area (Å²) in [6, 6.07) is 17.5. The maximum atomic E-state index is 13.4. The Morgan fingerprint density at radius 3 is 2.70 bits per heavy atom. The number of aryl methyl sites for hydroxylation is 2. The van der Waals surface area contributed by atoms with Gasteiger partial charge in [0, 0.05) is 6.54 Å². The number of amides is 1. The molecule has 0 aliphatic carbocycles. The smallest absolute Gasteiger partial charge is 0.264 e. The molecular formula is C23H20N2O4S. The van der Waals surface area contributed by atoms with Crippen LogP contribution in [0.5, 0.6) is 11.5 Å². The summed E-state index contributed by atoms with van der Waals surface area (Å²) in [7, 11) is -3.82. The van der Waals surface area contributed by atoms with Crippen LogP contribution in [0, 0.1) is 6.92 Å². The lowest BCUT2D eigenvalue weighted by Crippen LogP contribution is -2.35. The molecule has 2 aliphatic rings. The number of anilines is 2. The van der Waals surface area contributed by atoms with Crippen LogP contribution in [0.15, 0.2) is 65.6 Å². The lowest BCUT2D eigenvalue weighted by atomic mass is 10.0. The van der Waals surface area contributed by atoms with Gasteiger partial charge in [-0.25, -0.2) is 8.42 Å². The Labute approximate surface area is 175 Å². The quantitative estimate of drug-likeness (QED) is 0.663. The van der Waals surface area contributed by atoms with Gasteiger partial charge in [0.25, 0.3) is 15.9 Å². The van der Waals surface area contributed by atoms with E-state index in [0.717, 1.165) is 24.0 Å². The van der Waals surface area contributed by atoms with E-state index in [0.29, 0.717) is 29.4 Å². The number of benzene rings is 3. The Morgan fingerprint density at radius 1 is 1.00 bits per heavy atom. The summed E-state index contributed by atoms with van der Waals surface area (Å²) in [6.07, 6.45) is 1.60. The molecule has 1 amide bonds. The first-order chi connectivity index (χ1) is 14.4. The molecule has 0 radical (unpaired) electrons. The minimum absolute atomic E-state index is 0.0684.